The van der Waals surface area contributed by atoms with Crippen molar-refractivity contribution < 1.29 is 13.2 Å². The van der Waals surface area contributed by atoms with E-state index in [0.29, 0.717) is 12.1 Å². The molecule has 0 saturated carbocycles. The highest BCUT2D eigenvalue weighted by molar-refractivity contribution is 7.92. The Labute approximate surface area is 112 Å². The summed E-state index contributed by atoms with van der Waals surface area (Å²) in [4.78, 5) is 11.4. The number of sulfonamides is 1. The molecule has 7 heteroatoms. The van der Waals surface area contributed by atoms with Crippen LogP contribution in [0, 0.1) is 0 Å². The summed E-state index contributed by atoms with van der Waals surface area (Å²) in [6.07, 6.45) is 2.23. The van der Waals surface area contributed by atoms with Crippen molar-refractivity contribution in [1.82, 2.24) is 0 Å². The average molecular weight is 291 g/mol. The van der Waals surface area contributed by atoms with Gasteiger partial charge in [0.15, 0.2) is 0 Å². The lowest BCUT2D eigenvalue weighted by Gasteiger charge is -2.09. The quantitative estimate of drug-likeness (QED) is 0.874. The Hall–Kier alpha value is -1.27. The molecule has 100 valence electrons. The number of halogens is 1. The minimum Gasteiger partial charge on any atom is -0.326 e. The first kappa shape index (κ1) is 14.8. The van der Waals surface area contributed by atoms with Gasteiger partial charge in [0.05, 0.1) is 17.0 Å². The van der Waals surface area contributed by atoms with Gasteiger partial charge in [-0.05, 0) is 24.6 Å². The number of rotatable bonds is 5. The van der Waals surface area contributed by atoms with Gasteiger partial charge in [-0.3, -0.25) is 9.52 Å². The van der Waals surface area contributed by atoms with Crippen LogP contribution in [0.15, 0.2) is 18.2 Å². The van der Waals surface area contributed by atoms with Gasteiger partial charge in [0.2, 0.25) is 15.9 Å². The van der Waals surface area contributed by atoms with Crippen LogP contribution in [0.3, 0.4) is 0 Å². The molecule has 0 spiro atoms. The Morgan fingerprint density at radius 1 is 1.39 bits per heavy atom. The van der Waals surface area contributed by atoms with Crippen LogP contribution in [0.1, 0.15) is 19.8 Å². The molecule has 0 aliphatic heterocycles. The molecule has 1 rings (SSSR count). The second-order valence-electron chi connectivity index (χ2n) is 3.87. The van der Waals surface area contributed by atoms with Crippen LogP contribution >= 0.6 is 11.6 Å². The van der Waals surface area contributed by atoms with E-state index >= 15 is 0 Å². The van der Waals surface area contributed by atoms with Crippen molar-refractivity contribution in [2.75, 3.05) is 16.3 Å². The number of hydrogen-bond acceptors (Lipinski definition) is 3. The maximum Gasteiger partial charge on any atom is 0.229 e. The highest BCUT2D eigenvalue weighted by Crippen LogP contribution is 2.26. The van der Waals surface area contributed by atoms with Gasteiger partial charge >= 0.3 is 0 Å². The molecule has 5 nitrogen and oxygen atoms in total. The second kappa shape index (κ2) is 6.06. The van der Waals surface area contributed by atoms with Gasteiger partial charge in [-0.15, -0.1) is 0 Å². The van der Waals surface area contributed by atoms with Crippen LogP contribution in [0.25, 0.3) is 0 Å². The van der Waals surface area contributed by atoms with Crippen molar-refractivity contribution in [3.05, 3.63) is 23.2 Å². The molecule has 0 aliphatic carbocycles. The second-order valence-corrected chi connectivity index (χ2v) is 6.02. The molecule has 0 saturated heterocycles. The summed E-state index contributed by atoms with van der Waals surface area (Å²) in [6.45, 7) is 1.91. The predicted octanol–water partition coefficient (Wildman–Crippen LogP) is 2.45. The normalized spacial score (nSPS) is 11.1. The summed E-state index contributed by atoms with van der Waals surface area (Å²) < 4.78 is 24.4. The number of carbonyl (C=O) groups is 1. The molecular weight excluding hydrogens is 276 g/mol. The maximum atomic E-state index is 11.4. The lowest BCUT2D eigenvalue weighted by atomic mass is 10.2. The molecule has 1 aromatic rings. The largest absolute Gasteiger partial charge is 0.326 e. The Kier molecular flexibility index (Phi) is 4.98. The fraction of sp³-hybridized carbons (Fsp3) is 0.364. The van der Waals surface area contributed by atoms with Crippen molar-refractivity contribution in [3.63, 3.8) is 0 Å². The molecular formula is C11H15ClN2O3S. The molecule has 0 heterocycles. The molecule has 0 aromatic heterocycles. The van der Waals surface area contributed by atoms with E-state index in [2.05, 4.69) is 10.0 Å². The van der Waals surface area contributed by atoms with Crippen LogP contribution in [-0.2, 0) is 14.8 Å². The van der Waals surface area contributed by atoms with Crippen molar-refractivity contribution in [2.45, 2.75) is 19.8 Å². The molecule has 2 N–H and O–H groups in total. The number of hydrogen-bond donors (Lipinski definition) is 2. The molecule has 0 atom stereocenters. The van der Waals surface area contributed by atoms with Crippen LogP contribution in [0.4, 0.5) is 11.4 Å². The first-order valence-corrected chi connectivity index (χ1v) is 7.66. The first-order chi connectivity index (χ1) is 8.31. The van der Waals surface area contributed by atoms with Crippen LogP contribution in [0.5, 0.6) is 0 Å². The standard InChI is InChI=1S/C11H15ClN2O3S/c1-3-4-11(15)13-8-5-6-10(9(12)7-8)14-18(2,16)17/h5-7,14H,3-4H2,1-2H3,(H,13,15). The minimum absolute atomic E-state index is 0.0996. The Morgan fingerprint density at radius 2 is 2.06 bits per heavy atom. The number of carbonyl (C=O) groups excluding carboxylic acids is 1. The summed E-state index contributed by atoms with van der Waals surface area (Å²) in [5.41, 5.74) is 0.824. The van der Waals surface area contributed by atoms with E-state index in [-0.39, 0.29) is 16.6 Å². The Bertz CT molecular complexity index is 543. The lowest BCUT2D eigenvalue weighted by molar-refractivity contribution is -0.116. The van der Waals surface area contributed by atoms with Crippen LogP contribution < -0.4 is 10.0 Å². The lowest BCUT2D eigenvalue weighted by Crippen LogP contribution is -2.12. The van der Waals surface area contributed by atoms with Gasteiger partial charge in [0, 0.05) is 12.1 Å². The molecule has 1 amide bonds. The number of amides is 1. The molecule has 0 radical (unpaired) electrons. The van der Waals surface area contributed by atoms with E-state index in [9.17, 15) is 13.2 Å². The number of anilines is 2. The van der Waals surface area contributed by atoms with Gasteiger partial charge in [-0.2, -0.15) is 0 Å². The van der Waals surface area contributed by atoms with Crippen molar-refractivity contribution in [1.29, 1.82) is 0 Å². The van der Waals surface area contributed by atoms with Gasteiger partial charge in [-0.1, -0.05) is 18.5 Å². The molecule has 1 aromatic carbocycles. The first-order valence-electron chi connectivity index (χ1n) is 5.39. The van der Waals surface area contributed by atoms with Gasteiger partial charge in [0.1, 0.15) is 0 Å². The van der Waals surface area contributed by atoms with Crippen LogP contribution in [0.2, 0.25) is 5.02 Å². The summed E-state index contributed by atoms with van der Waals surface area (Å²) in [5, 5.41) is 2.90. The van der Waals surface area contributed by atoms with E-state index in [1.165, 1.54) is 12.1 Å². The van der Waals surface area contributed by atoms with Crippen LogP contribution in [-0.4, -0.2) is 20.6 Å². The summed E-state index contributed by atoms with van der Waals surface area (Å²) in [5.74, 6) is -0.0996. The van der Waals surface area contributed by atoms with Crippen molar-refractivity contribution >= 4 is 38.9 Å². The average Bonchev–Trinajstić information content (AvgIpc) is 2.21. The highest BCUT2D eigenvalue weighted by atomic mass is 35.5. The fourth-order valence-corrected chi connectivity index (χ4v) is 2.19. The van der Waals surface area contributed by atoms with E-state index in [4.69, 9.17) is 11.6 Å². The monoisotopic (exact) mass is 290 g/mol. The van der Waals surface area contributed by atoms with E-state index < -0.39 is 10.0 Å². The molecule has 0 unspecified atom stereocenters. The summed E-state index contributed by atoms with van der Waals surface area (Å²) >= 11 is 5.92. The van der Waals surface area contributed by atoms with Gasteiger partial charge < -0.3 is 5.32 Å². The Balaban J connectivity index is 2.83. The smallest absolute Gasteiger partial charge is 0.229 e. The molecule has 18 heavy (non-hydrogen) atoms. The third kappa shape index (κ3) is 4.93. The predicted molar refractivity (Wildman–Crippen MR) is 73.5 cm³/mol. The number of nitrogens with one attached hydrogen (secondary N) is 2. The third-order valence-corrected chi connectivity index (χ3v) is 2.93. The topological polar surface area (TPSA) is 75.3 Å². The van der Waals surface area contributed by atoms with Gasteiger partial charge in [0.25, 0.3) is 0 Å². The van der Waals surface area contributed by atoms with E-state index in [1.54, 1.807) is 6.07 Å². The number of benzene rings is 1. The molecule has 0 bridgehead atoms. The molecule has 0 aliphatic rings. The minimum atomic E-state index is -3.37. The summed E-state index contributed by atoms with van der Waals surface area (Å²) in [7, 11) is -3.37. The molecule has 0 fully saturated rings. The van der Waals surface area contributed by atoms with Gasteiger partial charge in [-0.25, -0.2) is 8.42 Å². The zero-order valence-corrected chi connectivity index (χ0v) is 11.7. The van der Waals surface area contributed by atoms with Crippen molar-refractivity contribution in [3.8, 4) is 0 Å². The van der Waals surface area contributed by atoms with Crippen molar-refractivity contribution in [2.24, 2.45) is 0 Å². The third-order valence-electron chi connectivity index (χ3n) is 2.03. The van der Waals surface area contributed by atoms with E-state index in [1.807, 2.05) is 6.92 Å². The SMILES string of the molecule is CCCC(=O)Nc1ccc(NS(C)(=O)=O)c(Cl)c1. The van der Waals surface area contributed by atoms with E-state index in [0.717, 1.165) is 12.7 Å². The zero-order valence-electron chi connectivity index (χ0n) is 10.2. The highest BCUT2D eigenvalue weighted by Gasteiger charge is 2.08. The Morgan fingerprint density at radius 3 is 2.56 bits per heavy atom. The maximum absolute atomic E-state index is 11.4. The zero-order chi connectivity index (χ0) is 13.8. The summed E-state index contributed by atoms with van der Waals surface area (Å²) in [6, 6.07) is 4.60. The fourth-order valence-electron chi connectivity index (χ4n) is 1.33.